The van der Waals surface area contributed by atoms with Crippen molar-refractivity contribution in [1.82, 2.24) is 10.2 Å². The predicted octanol–water partition coefficient (Wildman–Crippen LogP) is 4.27. The molecular formula is C20H19N3O2S. The Balaban J connectivity index is 1.50. The average Bonchev–Trinajstić information content (AvgIpc) is 3.20. The number of rotatable bonds is 4. The van der Waals surface area contributed by atoms with Gasteiger partial charge in [-0.15, -0.1) is 10.2 Å². The van der Waals surface area contributed by atoms with Gasteiger partial charge < -0.3 is 4.74 Å². The first kappa shape index (κ1) is 16.7. The molecule has 0 unspecified atom stereocenters. The van der Waals surface area contributed by atoms with E-state index in [4.69, 9.17) is 4.74 Å². The molecule has 0 bridgehead atoms. The van der Waals surface area contributed by atoms with E-state index in [2.05, 4.69) is 22.4 Å². The summed E-state index contributed by atoms with van der Waals surface area (Å²) < 4.78 is 5.90. The number of carbonyl (C=O) groups is 1. The quantitative estimate of drug-likeness (QED) is 0.750. The molecule has 0 spiro atoms. The van der Waals surface area contributed by atoms with Crippen LogP contribution in [0.5, 0.6) is 5.75 Å². The zero-order chi connectivity index (χ0) is 18.1. The molecule has 0 fully saturated rings. The molecule has 0 radical (unpaired) electrons. The monoisotopic (exact) mass is 365 g/mol. The molecule has 132 valence electrons. The summed E-state index contributed by atoms with van der Waals surface area (Å²) in [5, 5.41) is 12.5. The highest BCUT2D eigenvalue weighted by atomic mass is 32.1. The van der Waals surface area contributed by atoms with E-state index in [1.54, 1.807) is 6.07 Å². The summed E-state index contributed by atoms with van der Waals surface area (Å²) in [5.41, 5.74) is 2.78. The van der Waals surface area contributed by atoms with E-state index in [-0.39, 0.29) is 17.9 Å². The third-order valence-corrected chi connectivity index (χ3v) is 5.51. The summed E-state index contributed by atoms with van der Waals surface area (Å²) in [5.74, 6) is 0.737. The number of carbonyl (C=O) groups excluding carboxylic acids is 1. The highest BCUT2D eigenvalue weighted by molar-refractivity contribution is 7.15. The first-order valence-electron chi connectivity index (χ1n) is 8.59. The van der Waals surface area contributed by atoms with Gasteiger partial charge >= 0.3 is 0 Å². The van der Waals surface area contributed by atoms with Crippen LogP contribution < -0.4 is 10.1 Å². The van der Waals surface area contributed by atoms with Gasteiger partial charge in [-0.25, -0.2) is 0 Å². The van der Waals surface area contributed by atoms with E-state index in [0.717, 1.165) is 10.6 Å². The van der Waals surface area contributed by atoms with Crippen molar-refractivity contribution >= 4 is 22.4 Å². The maximum Gasteiger partial charge on any atom is 0.261 e. The van der Waals surface area contributed by atoms with Crippen LogP contribution in [0.2, 0.25) is 0 Å². The number of anilines is 1. The SMILES string of the molecule is C[C@@H]1Oc2c(C(=O)Nc3nnc(Cc4ccccc4)s3)cccc2[C@@H]1C. The van der Waals surface area contributed by atoms with Crippen LogP contribution in [0.3, 0.4) is 0 Å². The lowest BCUT2D eigenvalue weighted by Crippen LogP contribution is -2.14. The van der Waals surface area contributed by atoms with Gasteiger partial charge in [0.1, 0.15) is 16.9 Å². The number of benzene rings is 2. The Morgan fingerprint density at radius 1 is 1.12 bits per heavy atom. The number of aromatic nitrogens is 2. The Bertz CT molecular complexity index is 939. The third kappa shape index (κ3) is 3.20. The molecule has 1 aliphatic rings. The van der Waals surface area contributed by atoms with Gasteiger partial charge in [-0.2, -0.15) is 0 Å². The number of nitrogens with one attached hydrogen (secondary N) is 1. The topological polar surface area (TPSA) is 64.1 Å². The lowest BCUT2D eigenvalue weighted by molar-refractivity contribution is 0.102. The Morgan fingerprint density at radius 3 is 2.73 bits per heavy atom. The second kappa shape index (κ2) is 6.88. The highest BCUT2D eigenvalue weighted by Crippen LogP contribution is 2.40. The van der Waals surface area contributed by atoms with Crippen molar-refractivity contribution in [3.8, 4) is 5.75 Å². The van der Waals surface area contributed by atoms with Gasteiger partial charge in [-0.1, -0.05) is 60.7 Å². The second-order valence-electron chi connectivity index (χ2n) is 6.45. The molecule has 2 atom stereocenters. The largest absolute Gasteiger partial charge is 0.489 e. The van der Waals surface area contributed by atoms with Crippen molar-refractivity contribution in [2.75, 3.05) is 5.32 Å². The summed E-state index contributed by atoms with van der Waals surface area (Å²) in [7, 11) is 0. The van der Waals surface area contributed by atoms with E-state index in [1.165, 1.54) is 16.9 Å². The van der Waals surface area contributed by atoms with Crippen molar-refractivity contribution < 1.29 is 9.53 Å². The maximum absolute atomic E-state index is 12.7. The molecule has 0 saturated carbocycles. The van der Waals surface area contributed by atoms with Crippen molar-refractivity contribution in [3.63, 3.8) is 0 Å². The minimum absolute atomic E-state index is 0.0676. The van der Waals surface area contributed by atoms with E-state index in [1.807, 2.05) is 49.4 Å². The molecule has 26 heavy (non-hydrogen) atoms. The average molecular weight is 365 g/mol. The van der Waals surface area contributed by atoms with Crippen molar-refractivity contribution in [2.24, 2.45) is 0 Å². The van der Waals surface area contributed by atoms with Crippen molar-refractivity contribution in [3.05, 3.63) is 70.2 Å². The van der Waals surface area contributed by atoms with Crippen LogP contribution in [0.15, 0.2) is 48.5 Å². The number of para-hydroxylation sites is 1. The number of amides is 1. The maximum atomic E-state index is 12.7. The van der Waals surface area contributed by atoms with E-state index in [9.17, 15) is 4.79 Å². The molecule has 1 aromatic heterocycles. The number of hydrogen-bond acceptors (Lipinski definition) is 5. The van der Waals surface area contributed by atoms with Gasteiger partial charge in [-0.05, 0) is 18.6 Å². The summed E-state index contributed by atoms with van der Waals surface area (Å²) >= 11 is 1.39. The number of hydrogen-bond donors (Lipinski definition) is 1. The van der Waals surface area contributed by atoms with Gasteiger partial charge in [-0.3, -0.25) is 10.1 Å². The van der Waals surface area contributed by atoms with E-state index < -0.39 is 0 Å². The van der Waals surface area contributed by atoms with Gasteiger partial charge in [0.25, 0.3) is 5.91 Å². The normalized spacial score (nSPS) is 18.2. The van der Waals surface area contributed by atoms with Gasteiger partial charge in [0.05, 0.1) is 5.56 Å². The number of ether oxygens (including phenoxy) is 1. The summed E-state index contributed by atoms with van der Waals surface area (Å²) in [6.07, 6.45) is 0.769. The first-order valence-corrected chi connectivity index (χ1v) is 9.40. The van der Waals surface area contributed by atoms with Crippen LogP contribution in [0.1, 0.15) is 46.3 Å². The van der Waals surface area contributed by atoms with Crippen LogP contribution >= 0.6 is 11.3 Å². The van der Waals surface area contributed by atoms with Crippen molar-refractivity contribution in [2.45, 2.75) is 32.3 Å². The lowest BCUT2D eigenvalue weighted by Gasteiger charge is -2.08. The fourth-order valence-electron chi connectivity index (χ4n) is 3.08. The highest BCUT2D eigenvalue weighted by Gasteiger charge is 2.31. The fourth-order valence-corrected chi connectivity index (χ4v) is 3.84. The Hall–Kier alpha value is -2.73. The Labute approximate surface area is 156 Å². The zero-order valence-electron chi connectivity index (χ0n) is 14.6. The number of fused-ring (bicyclic) bond motifs is 1. The molecule has 1 amide bonds. The molecule has 3 aromatic rings. The van der Waals surface area contributed by atoms with Crippen molar-refractivity contribution in [1.29, 1.82) is 0 Å². The molecule has 5 nitrogen and oxygen atoms in total. The molecule has 4 rings (SSSR count). The van der Waals surface area contributed by atoms with Gasteiger partial charge in [0, 0.05) is 17.9 Å². The molecule has 1 aliphatic heterocycles. The molecule has 2 aromatic carbocycles. The predicted molar refractivity (Wildman–Crippen MR) is 102 cm³/mol. The molecule has 6 heteroatoms. The summed E-state index contributed by atoms with van der Waals surface area (Å²) in [6.45, 7) is 4.13. The number of nitrogens with zero attached hydrogens (tertiary/aromatic N) is 2. The van der Waals surface area contributed by atoms with Crippen LogP contribution in [0, 0.1) is 0 Å². The van der Waals surface area contributed by atoms with Crippen LogP contribution in [-0.2, 0) is 6.42 Å². The Kier molecular flexibility index (Phi) is 4.42. The first-order chi connectivity index (χ1) is 12.6. The lowest BCUT2D eigenvalue weighted by atomic mass is 9.97. The molecule has 1 N–H and O–H groups in total. The standard InChI is InChI=1S/C20H19N3O2S/c1-12-13(2)25-18-15(12)9-6-10-16(18)19(24)21-20-23-22-17(26-20)11-14-7-4-3-5-8-14/h3-10,12-13H,11H2,1-2H3,(H,21,23,24)/t12-,13+/m1/s1. The zero-order valence-corrected chi connectivity index (χ0v) is 15.4. The van der Waals surface area contributed by atoms with Crippen LogP contribution in [-0.4, -0.2) is 22.2 Å². The smallest absolute Gasteiger partial charge is 0.261 e. The second-order valence-corrected chi connectivity index (χ2v) is 7.52. The molecule has 0 saturated heterocycles. The molecule has 0 aliphatic carbocycles. The third-order valence-electron chi connectivity index (χ3n) is 4.67. The van der Waals surface area contributed by atoms with Crippen LogP contribution in [0.4, 0.5) is 5.13 Å². The molecular weight excluding hydrogens is 346 g/mol. The fraction of sp³-hybridized carbons (Fsp3) is 0.250. The summed E-state index contributed by atoms with van der Waals surface area (Å²) in [4.78, 5) is 12.7. The minimum atomic E-state index is -0.217. The summed E-state index contributed by atoms with van der Waals surface area (Å²) in [6, 6.07) is 15.8. The van der Waals surface area contributed by atoms with Gasteiger partial charge in [0.2, 0.25) is 5.13 Å². The van der Waals surface area contributed by atoms with E-state index >= 15 is 0 Å². The minimum Gasteiger partial charge on any atom is -0.489 e. The Morgan fingerprint density at radius 2 is 1.92 bits per heavy atom. The van der Waals surface area contributed by atoms with E-state index in [0.29, 0.717) is 22.9 Å². The van der Waals surface area contributed by atoms with Gasteiger partial charge in [0.15, 0.2) is 0 Å². The molecule has 2 heterocycles. The van der Waals surface area contributed by atoms with Crippen LogP contribution in [0.25, 0.3) is 0 Å².